The van der Waals surface area contributed by atoms with Gasteiger partial charge >= 0.3 is 12.3 Å². The number of carbonyl (C=O) groups excluding carboxylic acids is 2. The van der Waals surface area contributed by atoms with Gasteiger partial charge in [-0.15, -0.1) is 0 Å². The number of ether oxygens (including phenoxy) is 2. The zero-order valence-corrected chi connectivity index (χ0v) is 22.6. The number of morpholine rings is 1. The molecule has 1 aliphatic rings. The Morgan fingerprint density at radius 3 is 2.54 bits per heavy atom. The number of hydrogen-bond donors (Lipinski definition) is 4. The number of nitrogens with two attached hydrogens (primary N) is 1. The Labute approximate surface area is 235 Å². The van der Waals surface area contributed by atoms with Crippen LogP contribution in [-0.4, -0.2) is 62.7 Å². The molecule has 0 bridgehead atoms. The van der Waals surface area contributed by atoms with Gasteiger partial charge in [0.2, 0.25) is 5.91 Å². The lowest BCUT2D eigenvalue weighted by atomic mass is 9.87. The summed E-state index contributed by atoms with van der Waals surface area (Å²) in [5.74, 6) is -1.73. The van der Waals surface area contributed by atoms with Gasteiger partial charge in [-0.2, -0.15) is 13.2 Å². The van der Waals surface area contributed by atoms with E-state index in [0.29, 0.717) is 25.1 Å². The summed E-state index contributed by atoms with van der Waals surface area (Å²) in [7, 11) is 0. The molecule has 2 aromatic rings. The molecule has 0 aliphatic carbocycles. The molecule has 0 unspecified atom stereocenters. The lowest BCUT2D eigenvalue weighted by molar-refractivity contribution is -0.124. The Balaban J connectivity index is 1.52. The maximum absolute atomic E-state index is 14.8. The van der Waals surface area contributed by atoms with Crippen molar-refractivity contribution in [3.8, 4) is 0 Å². The number of hydrogen-bond acceptors (Lipinski definition) is 6. The molecule has 5 N–H and O–H groups in total. The molecule has 0 radical (unpaired) electrons. The zero-order valence-electron chi connectivity index (χ0n) is 22.6. The summed E-state index contributed by atoms with van der Waals surface area (Å²) in [6, 6.07) is 8.86. The Morgan fingerprint density at radius 2 is 1.90 bits per heavy atom. The number of amides is 2. The number of nitrogens with one attached hydrogen (secondary N) is 3. The number of alkyl carbamates (subject to hydrolysis) is 1. The quantitative estimate of drug-likeness (QED) is 0.275. The topological polar surface area (TPSA) is 115 Å². The maximum atomic E-state index is 14.8. The van der Waals surface area contributed by atoms with Crippen molar-refractivity contribution in [2.75, 3.05) is 31.6 Å². The van der Waals surface area contributed by atoms with Crippen LogP contribution in [0.15, 0.2) is 42.5 Å². The first-order valence-electron chi connectivity index (χ1n) is 13.4. The van der Waals surface area contributed by atoms with Crippen LogP contribution in [0.2, 0.25) is 0 Å². The average molecular weight is 587 g/mol. The first-order valence-corrected chi connectivity index (χ1v) is 13.4. The summed E-state index contributed by atoms with van der Waals surface area (Å²) in [5.41, 5.74) is 7.64. The molecule has 0 aromatic heterocycles. The van der Waals surface area contributed by atoms with Crippen molar-refractivity contribution in [3.05, 3.63) is 65.2 Å². The highest BCUT2D eigenvalue weighted by Crippen LogP contribution is 2.27. The Morgan fingerprint density at radius 1 is 1.17 bits per heavy atom. The number of carbonyl (C=O) groups is 2. The first-order chi connectivity index (χ1) is 19.5. The van der Waals surface area contributed by atoms with E-state index in [-0.39, 0.29) is 43.0 Å². The summed E-state index contributed by atoms with van der Waals surface area (Å²) < 4.78 is 75.3. The minimum atomic E-state index is -4.53. The van der Waals surface area contributed by atoms with E-state index in [1.54, 1.807) is 23.5 Å². The van der Waals surface area contributed by atoms with E-state index in [1.807, 2.05) is 6.92 Å². The third kappa shape index (κ3) is 10.2. The second-order valence-electron chi connectivity index (χ2n) is 9.89. The van der Waals surface area contributed by atoms with Gasteiger partial charge < -0.3 is 31.2 Å². The SMILES string of the molecule is CCC[C@H](c1ccc(F)cc1)[C@H](N)C(=O)Nc1cccc(F)c1CC[C@@H]1CN[C@H](COC(=O)NCC(F)(F)F)CO1. The van der Waals surface area contributed by atoms with Crippen LogP contribution in [0.5, 0.6) is 0 Å². The van der Waals surface area contributed by atoms with Gasteiger partial charge in [-0.1, -0.05) is 31.5 Å². The van der Waals surface area contributed by atoms with Crippen molar-refractivity contribution in [3.63, 3.8) is 0 Å². The summed E-state index contributed by atoms with van der Waals surface area (Å²) in [5, 5.41) is 7.47. The molecule has 41 heavy (non-hydrogen) atoms. The van der Waals surface area contributed by atoms with Crippen LogP contribution < -0.4 is 21.7 Å². The number of rotatable bonds is 12. The second kappa shape index (κ2) is 15.1. The van der Waals surface area contributed by atoms with Gasteiger partial charge in [0, 0.05) is 23.7 Å². The molecular formula is C28H35F5N4O4. The van der Waals surface area contributed by atoms with E-state index in [0.717, 1.165) is 12.0 Å². The van der Waals surface area contributed by atoms with Gasteiger partial charge in [-0.05, 0) is 49.1 Å². The van der Waals surface area contributed by atoms with Crippen LogP contribution in [0.3, 0.4) is 0 Å². The number of alkyl halides is 3. The molecule has 2 amide bonds. The molecular weight excluding hydrogens is 551 g/mol. The average Bonchev–Trinajstić information content (AvgIpc) is 2.94. The van der Waals surface area contributed by atoms with Crippen LogP contribution in [-0.2, 0) is 20.7 Å². The molecule has 4 atom stereocenters. The molecule has 2 aromatic carbocycles. The van der Waals surface area contributed by atoms with Crippen LogP contribution >= 0.6 is 0 Å². The molecule has 3 rings (SSSR count). The highest BCUT2D eigenvalue weighted by Gasteiger charge is 2.29. The van der Waals surface area contributed by atoms with E-state index in [9.17, 15) is 31.5 Å². The summed E-state index contributed by atoms with van der Waals surface area (Å²) in [6.07, 6.45) is -4.04. The summed E-state index contributed by atoms with van der Waals surface area (Å²) >= 11 is 0. The number of halogens is 5. The molecule has 226 valence electrons. The van der Waals surface area contributed by atoms with Gasteiger partial charge in [-0.3, -0.25) is 4.79 Å². The largest absolute Gasteiger partial charge is 0.448 e. The molecule has 0 spiro atoms. The zero-order chi connectivity index (χ0) is 30.0. The van der Waals surface area contributed by atoms with Gasteiger partial charge in [0.1, 0.15) is 24.8 Å². The fourth-order valence-corrected chi connectivity index (χ4v) is 4.57. The van der Waals surface area contributed by atoms with Crippen molar-refractivity contribution in [1.82, 2.24) is 10.6 Å². The number of anilines is 1. The Bertz CT molecular complexity index is 1140. The van der Waals surface area contributed by atoms with Gasteiger partial charge in [0.05, 0.1) is 24.8 Å². The van der Waals surface area contributed by atoms with E-state index in [4.69, 9.17) is 15.2 Å². The predicted molar refractivity (Wildman–Crippen MR) is 142 cm³/mol. The van der Waals surface area contributed by atoms with Gasteiger partial charge in [-0.25, -0.2) is 13.6 Å². The summed E-state index contributed by atoms with van der Waals surface area (Å²) in [4.78, 5) is 24.5. The first kappa shape index (κ1) is 32.2. The molecule has 8 nitrogen and oxygen atoms in total. The third-order valence-corrected chi connectivity index (χ3v) is 6.74. The van der Waals surface area contributed by atoms with E-state index in [1.165, 1.54) is 24.3 Å². The molecule has 1 fully saturated rings. The van der Waals surface area contributed by atoms with E-state index in [2.05, 4.69) is 10.6 Å². The fourth-order valence-electron chi connectivity index (χ4n) is 4.57. The van der Waals surface area contributed by atoms with Gasteiger partial charge in [0.15, 0.2) is 0 Å². The maximum Gasteiger partial charge on any atom is 0.407 e. The summed E-state index contributed by atoms with van der Waals surface area (Å²) in [6.45, 7) is 0.765. The fraction of sp³-hybridized carbons (Fsp3) is 0.500. The van der Waals surface area contributed by atoms with Gasteiger partial charge in [0.25, 0.3) is 0 Å². The predicted octanol–water partition coefficient (Wildman–Crippen LogP) is 4.39. The van der Waals surface area contributed by atoms with Crippen molar-refractivity contribution in [2.45, 2.75) is 62.9 Å². The molecule has 1 saturated heterocycles. The highest BCUT2D eigenvalue weighted by molar-refractivity contribution is 5.96. The monoisotopic (exact) mass is 586 g/mol. The Kier molecular flexibility index (Phi) is 11.9. The molecule has 0 saturated carbocycles. The molecule has 1 aliphatic heterocycles. The minimum absolute atomic E-state index is 0.134. The standard InChI is InChI=1S/C28H35F5N4O4/c1-2-4-21(17-7-9-18(29)10-8-17)25(34)26(38)37-24-6-3-5-23(30)22(24)12-11-20-13-35-19(14-40-20)15-41-27(39)36-16-28(31,32)33/h3,5-10,19-21,25,35H,2,4,11-16,34H2,1H3,(H,36,39)(H,37,38)/t19-,20+,21+,25-/m0/s1. The van der Waals surface area contributed by atoms with Crippen molar-refractivity contribution < 1.29 is 41.0 Å². The van der Waals surface area contributed by atoms with Crippen LogP contribution in [0, 0.1) is 11.6 Å². The highest BCUT2D eigenvalue weighted by atomic mass is 19.4. The lowest BCUT2D eigenvalue weighted by Gasteiger charge is -2.30. The van der Waals surface area contributed by atoms with Crippen LogP contribution in [0.1, 0.15) is 43.2 Å². The van der Waals surface area contributed by atoms with Crippen LogP contribution in [0.25, 0.3) is 0 Å². The van der Waals surface area contributed by atoms with Crippen LogP contribution in [0.4, 0.5) is 32.4 Å². The van der Waals surface area contributed by atoms with Crippen molar-refractivity contribution >= 4 is 17.7 Å². The third-order valence-electron chi connectivity index (χ3n) is 6.74. The lowest BCUT2D eigenvalue weighted by Crippen LogP contribution is -2.49. The number of benzene rings is 2. The Hall–Kier alpha value is -3.29. The smallest absolute Gasteiger partial charge is 0.407 e. The minimum Gasteiger partial charge on any atom is -0.448 e. The van der Waals surface area contributed by atoms with E-state index >= 15 is 0 Å². The second-order valence-corrected chi connectivity index (χ2v) is 9.89. The normalized spacial score (nSPS) is 18.8. The van der Waals surface area contributed by atoms with Crippen molar-refractivity contribution in [1.29, 1.82) is 0 Å². The molecule has 1 heterocycles. The molecule has 13 heteroatoms. The van der Waals surface area contributed by atoms with Crippen molar-refractivity contribution in [2.24, 2.45) is 5.73 Å². The van der Waals surface area contributed by atoms with E-state index < -0.39 is 42.6 Å².